The number of anilines is 1. The highest BCUT2D eigenvalue weighted by Crippen LogP contribution is 2.33. The minimum Gasteiger partial charge on any atom is -0.359 e. The number of primary sulfonamides is 1. The molecule has 0 bridgehead atoms. The number of fused-ring (bicyclic) bond motifs is 1. The summed E-state index contributed by atoms with van der Waals surface area (Å²) in [4.78, 5) is 14.4. The Morgan fingerprint density at radius 2 is 2.12 bits per heavy atom. The molecule has 0 aromatic heterocycles. The van der Waals surface area contributed by atoms with Crippen molar-refractivity contribution in [3.8, 4) is 0 Å². The number of benzene rings is 1. The van der Waals surface area contributed by atoms with E-state index in [1.165, 1.54) is 6.07 Å². The van der Waals surface area contributed by atoms with Crippen LogP contribution in [0.4, 0.5) is 5.69 Å². The fourth-order valence-corrected chi connectivity index (χ4v) is 6.39. The minimum absolute atomic E-state index is 0.0200. The van der Waals surface area contributed by atoms with E-state index in [0.717, 1.165) is 11.3 Å². The van der Waals surface area contributed by atoms with Gasteiger partial charge in [0.15, 0.2) is 9.84 Å². The maximum Gasteiger partial charge on any atom is 0.239 e. The molecule has 1 aromatic rings. The lowest BCUT2D eigenvalue weighted by molar-refractivity contribution is -0.121. The number of hydrogen-bond donors (Lipinski definition) is 2. The van der Waals surface area contributed by atoms with E-state index in [1.807, 2.05) is 11.8 Å². The highest BCUT2D eigenvalue weighted by atomic mass is 32.2. The van der Waals surface area contributed by atoms with Gasteiger partial charge < -0.3 is 10.2 Å². The molecule has 10 heteroatoms. The maximum absolute atomic E-state index is 12.5. The summed E-state index contributed by atoms with van der Waals surface area (Å²) in [7, 11) is -6.87. The quantitative estimate of drug-likeness (QED) is 0.718. The Bertz CT molecular complexity index is 958. The van der Waals surface area contributed by atoms with E-state index in [9.17, 15) is 21.6 Å². The number of nitrogens with zero attached hydrogens (tertiary/aromatic N) is 1. The van der Waals surface area contributed by atoms with Crippen molar-refractivity contribution in [2.45, 2.75) is 43.2 Å². The second-order valence-electron chi connectivity index (χ2n) is 7.47. The summed E-state index contributed by atoms with van der Waals surface area (Å²) in [5.74, 6) is -0.210. The first-order valence-electron chi connectivity index (χ1n) is 8.32. The standard InChI is InChI=1S/C16H23N3O5S2/c1-11-7-12-8-13(26(17,23)24)3-4-14(12)19(11)9-15(20)18-16(2)5-6-25(21,22)10-16/h3-4,8,11H,5-7,9-10H2,1-2H3,(H,18,20)(H2,17,23,24). The first kappa shape index (κ1) is 19.1. The number of amides is 1. The fourth-order valence-electron chi connectivity index (χ4n) is 3.73. The van der Waals surface area contributed by atoms with Crippen molar-refractivity contribution in [2.24, 2.45) is 5.14 Å². The summed E-state index contributed by atoms with van der Waals surface area (Å²) < 4.78 is 46.4. The van der Waals surface area contributed by atoms with Crippen molar-refractivity contribution < 1.29 is 21.6 Å². The predicted octanol–water partition coefficient (Wildman–Crippen LogP) is -0.222. The van der Waals surface area contributed by atoms with Gasteiger partial charge in [-0.05, 0) is 50.5 Å². The van der Waals surface area contributed by atoms with E-state index in [-0.39, 0.29) is 34.9 Å². The lowest BCUT2D eigenvalue weighted by Gasteiger charge is -2.28. The molecule has 1 amide bonds. The molecule has 2 aliphatic heterocycles. The monoisotopic (exact) mass is 401 g/mol. The summed E-state index contributed by atoms with van der Waals surface area (Å²) in [6.45, 7) is 3.78. The molecule has 2 aliphatic rings. The van der Waals surface area contributed by atoms with Crippen molar-refractivity contribution in [1.29, 1.82) is 0 Å². The highest BCUT2D eigenvalue weighted by molar-refractivity contribution is 7.91. The van der Waals surface area contributed by atoms with Crippen molar-refractivity contribution >= 4 is 31.5 Å². The van der Waals surface area contributed by atoms with Crippen LogP contribution in [0.3, 0.4) is 0 Å². The average Bonchev–Trinajstić information content (AvgIpc) is 2.93. The van der Waals surface area contributed by atoms with E-state index in [4.69, 9.17) is 5.14 Å². The van der Waals surface area contributed by atoms with Gasteiger partial charge in [-0.1, -0.05) is 0 Å². The smallest absolute Gasteiger partial charge is 0.239 e. The molecule has 26 heavy (non-hydrogen) atoms. The van der Waals surface area contributed by atoms with Crippen molar-refractivity contribution in [3.63, 3.8) is 0 Å². The lowest BCUT2D eigenvalue weighted by atomic mass is 10.0. The molecule has 1 fully saturated rings. The molecule has 3 rings (SSSR count). The van der Waals surface area contributed by atoms with E-state index in [1.54, 1.807) is 19.1 Å². The number of sulfonamides is 1. The van der Waals surface area contributed by atoms with Gasteiger partial charge in [-0.25, -0.2) is 22.0 Å². The Morgan fingerprint density at radius 1 is 1.42 bits per heavy atom. The van der Waals surface area contributed by atoms with Gasteiger partial charge in [0, 0.05) is 11.7 Å². The van der Waals surface area contributed by atoms with Crippen LogP contribution in [0.5, 0.6) is 0 Å². The van der Waals surface area contributed by atoms with E-state index < -0.39 is 25.4 Å². The van der Waals surface area contributed by atoms with Crippen LogP contribution in [0.1, 0.15) is 25.8 Å². The molecule has 1 saturated heterocycles. The van der Waals surface area contributed by atoms with Crippen molar-refractivity contribution in [3.05, 3.63) is 23.8 Å². The lowest BCUT2D eigenvalue weighted by Crippen LogP contribution is -2.51. The number of sulfone groups is 1. The predicted molar refractivity (Wildman–Crippen MR) is 98.1 cm³/mol. The fraction of sp³-hybridized carbons (Fsp3) is 0.562. The second kappa shape index (κ2) is 6.21. The van der Waals surface area contributed by atoms with E-state index >= 15 is 0 Å². The Labute approximate surface area is 153 Å². The van der Waals surface area contributed by atoms with Gasteiger partial charge in [0.1, 0.15) is 0 Å². The van der Waals surface area contributed by atoms with E-state index in [0.29, 0.717) is 12.8 Å². The van der Waals surface area contributed by atoms with Gasteiger partial charge in [-0.3, -0.25) is 4.79 Å². The molecule has 0 spiro atoms. The third-order valence-corrected chi connectivity index (χ3v) is 7.81. The van der Waals surface area contributed by atoms with Crippen LogP contribution < -0.4 is 15.4 Å². The third-order valence-electron chi connectivity index (χ3n) is 4.99. The Hall–Kier alpha value is -1.65. The molecule has 0 radical (unpaired) electrons. The van der Waals surface area contributed by atoms with Crippen LogP contribution in [0.25, 0.3) is 0 Å². The van der Waals surface area contributed by atoms with Crippen LogP contribution in [0.15, 0.2) is 23.1 Å². The van der Waals surface area contributed by atoms with Gasteiger partial charge in [0.25, 0.3) is 0 Å². The van der Waals surface area contributed by atoms with Crippen LogP contribution in [-0.2, 0) is 31.1 Å². The van der Waals surface area contributed by atoms with Gasteiger partial charge in [0.2, 0.25) is 15.9 Å². The molecule has 2 atom stereocenters. The molecule has 8 nitrogen and oxygen atoms in total. The summed E-state index contributed by atoms with van der Waals surface area (Å²) >= 11 is 0. The van der Waals surface area contributed by atoms with Crippen molar-refractivity contribution in [1.82, 2.24) is 5.32 Å². The summed E-state index contributed by atoms with van der Waals surface area (Å²) in [5.41, 5.74) is 0.884. The first-order valence-corrected chi connectivity index (χ1v) is 11.7. The molecular weight excluding hydrogens is 378 g/mol. The van der Waals surface area contributed by atoms with Gasteiger partial charge in [-0.15, -0.1) is 0 Å². The Morgan fingerprint density at radius 3 is 2.69 bits per heavy atom. The summed E-state index contributed by atoms with van der Waals surface area (Å²) in [5, 5.41) is 8.02. The zero-order chi connectivity index (χ0) is 19.3. The van der Waals surface area contributed by atoms with Crippen LogP contribution in [0.2, 0.25) is 0 Å². The van der Waals surface area contributed by atoms with Gasteiger partial charge >= 0.3 is 0 Å². The molecule has 0 aliphatic carbocycles. The molecular formula is C16H23N3O5S2. The third kappa shape index (κ3) is 3.86. The summed E-state index contributed by atoms with van der Waals surface area (Å²) in [6.07, 6.45) is 1.02. The van der Waals surface area contributed by atoms with Crippen molar-refractivity contribution in [2.75, 3.05) is 23.0 Å². The number of nitrogens with one attached hydrogen (secondary N) is 1. The average molecular weight is 402 g/mol. The highest BCUT2D eigenvalue weighted by Gasteiger charge is 2.40. The van der Waals surface area contributed by atoms with Crippen LogP contribution in [0, 0.1) is 0 Å². The SMILES string of the molecule is CC1Cc2cc(S(N)(=O)=O)ccc2N1CC(=O)NC1(C)CCS(=O)(=O)C1. The molecule has 144 valence electrons. The number of carbonyl (C=O) groups excluding carboxylic acids is 1. The van der Waals surface area contributed by atoms with Gasteiger partial charge in [-0.2, -0.15) is 0 Å². The molecule has 1 aromatic carbocycles. The normalized spacial score (nSPS) is 27.3. The Kier molecular flexibility index (Phi) is 4.56. The summed E-state index contributed by atoms with van der Waals surface area (Å²) in [6, 6.07) is 4.66. The molecule has 0 saturated carbocycles. The van der Waals surface area contributed by atoms with Gasteiger partial charge in [0.05, 0.1) is 28.5 Å². The Balaban J connectivity index is 1.74. The van der Waals surface area contributed by atoms with E-state index in [2.05, 4.69) is 5.32 Å². The zero-order valence-corrected chi connectivity index (χ0v) is 16.4. The zero-order valence-electron chi connectivity index (χ0n) is 14.7. The number of hydrogen-bond acceptors (Lipinski definition) is 6. The minimum atomic E-state index is -3.77. The van der Waals surface area contributed by atoms with Crippen LogP contribution >= 0.6 is 0 Å². The number of rotatable bonds is 4. The first-order chi connectivity index (χ1) is 11.9. The topological polar surface area (TPSA) is 127 Å². The second-order valence-corrected chi connectivity index (χ2v) is 11.2. The largest absolute Gasteiger partial charge is 0.359 e. The number of nitrogens with two attached hydrogens (primary N) is 1. The molecule has 3 N–H and O–H groups in total. The number of carbonyl (C=O) groups is 1. The molecule has 2 unspecified atom stereocenters. The van der Waals surface area contributed by atoms with Crippen LogP contribution in [-0.4, -0.2) is 52.4 Å². The maximum atomic E-state index is 12.5. The molecule has 2 heterocycles.